The number of aliphatic hydroxyl groups is 1. The highest BCUT2D eigenvalue weighted by atomic mass is 16.2. The Morgan fingerprint density at radius 1 is 0.870 bits per heavy atom. The molecule has 0 aromatic heterocycles. The number of carbonyl (C=O) groups excluding carboxylic acids is 1. The molecule has 3 aromatic rings. The van der Waals surface area contributed by atoms with Crippen molar-refractivity contribution >= 4 is 22.6 Å². The summed E-state index contributed by atoms with van der Waals surface area (Å²) in [5, 5.41) is 10.9. The highest BCUT2D eigenvalue weighted by molar-refractivity contribution is 6.17. The lowest BCUT2D eigenvalue weighted by molar-refractivity contribution is 0.104. The smallest absolute Gasteiger partial charge is 0.194 e. The Bertz CT molecular complexity index is 857. The van der Waals surface area contributed by atoms with Crippen LogP contribution in [0.5, 0.6) is 0 Å². The van der Waals surface area contributed by atoms with E-state index in [0.29, 0.717) is 17.5 Å². The van der Waals surface area contributed by atoms with E-state index in [1.54, 1.807) is 0 Å². The van der Waals surface area contributed by atoms with Gasteiger partial charge in [0, 0.05) is 17.7 Å². The summed E-state index contributed by atoms with van der Waals surface area (Å²) in [4.78, 5) is 13.0. The topological polar surface area (TPSA) is 37.3 Å². The number of aliphatic hydroxyl groups excluding tert-OH is 1. The van der Waals surface area contributed by atoms with Crippen molar-refractivity contribution in [2.24, 2.45) is 0 Å². The summed E-state index contributed by atoms with van der Waals surface area (Å²) in [5.74, 6) is 0.0195. The van der Waals surface area contributed by atoms with Crippen molar-refractivity contribution in [3.63, 3.8) is 0 Å². The van der Waals surface area contributed by atoms with Gasteiger partial charge in [0.2, 0.25) is 0 Å². The van der Waals surface area contributed by atoms with Gasteiger partial charge in [0.1, 0.15) is 0 Å². The van der Waals surface area contributed by atoms with E-state index in [1.165, 1.54) is 0 Å². The van der Waals surface area contributed by atoms with E-state index >= 15 is 0 Å². The normalized spacial score (nSPS) is 11.2. The number of hydrogen-bond acceptors (Lipinski definition) is 2. The van der Waals surface area contributed by atoms with Crippen LogP contribution in [-0.4, -0.2) is 17.5 Å². The molecule has 2 heteroatoms. The fourth-order valence-electron chi connectivity index (χ4n) is 2.70. The van der Waals surface area contributed by atoms with Crippen LogP contribution < -0.4 is 0 Å². The molecular formula is C21H18O2. The fourth-order valence-corrected chi connectivity index (χ4v) is 2.70. The molecule has 0 radical (unpaired) electrons. The summed E-state index contributed by atoms with van der Waals surface area (Å²) in [6, 6.07) is 21.3. The molecule has 0 atom stereocenters. The number of rotatable bonds is 5. The average molecular weight is 302 g/mol. The van der Waals surface area contributed by atoms with E-state index in [0.717, 1.165) is 16.3 Å². The summed E-state index contributed by atoms with van der Waals surface area (Å²) < 4.78 is 0. The Kier molecular flexibility index (Phi) is 4.65. The molecule has 0 saturated carbocycles. The third-order valence-electron chi connectivity index (χ3n) is 3.83. The van der Waals surface area contributed by atoms with Gasteiger partial charge in [-0.3, -0.25) is 4.79 Å². The van der Waals surface area contributed by atoms with E-state index in [9.17, 15) is 4.79 Å². The number of ketones is 1. The van der Waals surface area contributed by atoms with Crippen LogP contribution in [-0.2, 0) is 0 Å². The molecule has 1 N–H and O–H groups in total. The minimum absolute atomic E-state index is 0.0195. The predicted molar refractivity (Wildman–Crippen MR) is 94.6 cm³/mol. The first-order valence-corrected chi connectivity index (χ1v) is 7.70. The van der Waals surface area contributed by atoms with Crippen LogP contribution in [0, 0.1) is 0 Å². The van der Waals surface area contributed by atoms with Crippen LogP contribution in [0.15, 0.2) is 72.8 Å². The second-order valence-corrected chi connectivity index (χ2v) is 5.36. The second kappa shape index (κ2) is 7.03. The monoisotopic (exact) mass is 302 g/mol. The van der Waals surface area contributed by atoms with Gasteiger partial charge in [-0.2, -0.15) is 0 Å². The molecule has 2 nitrogen and oxygen atoms in total. The summed E-state index contributed by atoms with van der Waals surface area (Å²) in [7, 11) is 0. The average Bonchev–Trinajstić information content (AvgIpc) is 2.61. The number of benzene rings is 3. The van der Waals surface area contributed by atoms with Crippen LogP contribution in [0.2, 0.25) is 0 Å². The van der Waals surface area contributed by atoms with Crippen molar-refractivity contribution in [3.05, 3.63) is 89.5 Å². The van der Waals surface area contributed by atoms with E-state index < -0.39 is 0 Å². The lowest BCUT2D eigenvalue weighted by Gasteiger charge is -2.08. The van der Waals surface area contributed by atoms with Gasteiger partial charge < -0.3 is 5.11 Å². The van der Waals surface area contributed by atoms with Crippen molar-refractivity contribution in [1.82, 2.24) is 0 Å². The van der Waals surface area contributed by atoms with Gasteiger partial charge in [0.25, 0.3) is 0 Å². The summed E-state index contributed by atoms with van der Waals surface area (Å²) in [6.45, 7) is 0.107. The van der Waals surface area contributed by atoms with Gasteiger partial charge in [0.05, 0.1) is 0 Å². The maximum absolute atomic E-state index is 13.0. The molecule has 0 amide bonds. The predicted octanol–water partition coefficient (Wildman–Crippen LogP) is 4.47. The van der Waals surface area contributed by atoms with Crippen molar-refractivity contribution < 1.29 is 9.90 Å². The number of hydrogen-bond donors (Lipinski definition) is 1. The molecule has 0 fully saturated rings. The fraction of sp³-hybridized carbons (Fsp3) is 0.0952. The van der Waals surface area contributed by atoms with E-state index in [4.69, 9.17) is 5.11 Å². The van der Waals surface area contributed by atoms with Crippen LogP contribution in [0.4, 0.5) is 0 Å². The van der Waals surface area contributed by atoms with E-state index in [1.807, 2.05) is 78.9 Å². The zero-order chi connectivity index (χ0) is 16.1. The Morgan fingerprint density at radius 3 is 2.43 bits per heavy atom. The number of fused-ring (bicyclic) bond motifs is 1. The lowest BCUT2D eigenvalue weighted by atomic mass is 9.94. The summed E-state index contributed by atoms with van der Waals surface area (Å²) in [5.41, 5.74) is 2.27. The zero-order valence-electron chi connectivity index (χ0n) is 12.8. The molecule has 0 bridgehead atoms. The molecule has 0 aliphatic carbocycles. The quantitative estimate of drug-likeness (QED) is 0.706. The highest BCUT2D eigenvalue weighted by Crippen LogP contribution is 2.23. The van der Waals surface area contributed by atoms with Gasteiger partial charge >= 0.3 is 0 Å². The van der Waals surface area contributed by atoms with Gasteiger partial charge in [-0.25, -0.2) is 0 Å². The Labute approximate surface area is 135 Å². The molecule has 3 aromatic carbocycles. The van der Waals surface area contributed by atoms with Gasteiger partial charge in [0.15, 0.2) is 5.78 Å². The Morgan fingerprint density at radius 2 is 1.57 bits per heavy atom. The third kappa shape index (κ3) is 3.22. The molecule has 114 valence electrons. The molecule has 0 saturated heterocycles. The van der Waals surface area contributed by atoms with E-state index in [2.05, 4.69) is 0 Å². The first kappa shape index (κ1) is 15.2. The van der Waals surface area contributed by atoms with E-state index in [-0.39, 0.29) is 12.4 Å². The maximum atomic E-state index is 13.0. The highest BCUT2D eigenvalue weighted by Gasteiger charge is 2.14. The SMILES string of the molecule is O=C(c1ccccc1/C=C\CCO)c1cccc2ccccc12. The van der Waals surface area contributed by atoms with Crippen LogP contribution >= 0.6 is 0 Å². The molecule has 23 heavy (non-hydrogen) atoms. The van der Waals surface area contributed by atoms with Crippen molar-refractivity contribution in [1.29, 1.82) is 0 Å². The first-order chi connectivity index (χ1) is 11.3. The second-order valence-electron chi connectivity index (χ2n) is 5.36. The zero-order valence-corrected chi connectivity index (χ0v) is 12.8. The molecule has 3 rings (SSSR count). The Hall–Kier alpha value is -2.71. The van der Waals surface area contributed by atoms with Gasteiger partial charge in [-0.1, -0.05) is 78.9 Å². The number of carbonyl (C=O) groups is 1. The third-order valence-corrected chi connectivity index (χ3v) is 3.83. The molecule has 0 aliphatic rings. The summed E-state index contributed by atoms with van der Waals surface area (Å²) >= 11 is 0. The summed E-state index contributed by atoms with van der Waals surface area (Å²) in [6.07, 6.45) is 4.36. The first-order valence-electron chi connectivity index (χ1n) is 7.70. The molecular weight excluding hydrogens is 284 g/mol. The largest absolute Gasteiger partial charge is 0.396 e. The lowest BCUT2D eigenvalue weighted by Crippen LogP contribution is -2.04. The molecule has 0 heterocycles. The van der Waals surface area contributed by atoms with Crippen LogP contribution in [0.1, 0.15) is 27.9 Å². The van der Waals surface area contributed by atoms with Crippen LogP contribution in [0.25, 0.3) is 16.8 Å². The van der Waals surface area contributed by atoms with Crippen molar-refractivity contribution in [2.75, 3.05) is 6.61 Å². The van der Waals surface area contributed by atoms with Gasteiger partial charge in [-0.05, 0) is 22.8 Å². The maximum Gasteiger partial charge on any atom is 0.194 e. The van der Waals surface area contributed by atoms with Crippen LogP contribution in [0.3, 0.4) is 0 Å². The minimum Gasteiger partial charge on any atom is -0.396 e. The molecule has 0 aliphatic heterocycles. The Balaban J connectivity index is 2.06. The molecule has 0 spiro atoms. The standard InChI is InChI=1S/C21H18O2/c22-15-6-5-10-17-9-2-4-13-19(17)21(23)20-14-7-11-16-8-1-3-12-18(16)20/h1-5,7-14,22H,6,15H2/b10-5-. The molecule has 0 unspecified atom stereocenters. The van der Waals surface area contributed by atoms with Gasteiger partial charge in [-0.15, -0.1) is 0 Å². The minimum atomic E-state index is 0.0195. The van der Waals surface area contributed by atoms with Crippen molar-refractivity contribution in [2.45, 2.75) is 6.42 Å². The van der Waals surface area contributed by atoms with Crippen molar-refractivity contribution in [3.8, 4) is 0 Å².